The van der Waals surface area contributed by atoms with E-state index in [0.717, 1.165) is 6.42 Å². The van der Waals surface area contributed by atoms with Gasteiger partial charge in [-0.3, -0.25) is 4.79 Å². The van der Waals surface area contributed by atoms with Crippen molar-refractivity contribution in [1.29, 1.82) is 0 Å². The van der Waals surface area contributed by atoms with Crippen molar-refractivity contribution >= 4 is 5.97 Å². The third-order valence-corrected chi connectivity index (χ3v) is 3.48. The summed E-state index contributed by atoms with van der Waals surface area (Å²) in [7, 11) is 0. The second kappa shape index (κ2) is 4.54. The molecule has 1 saturated carbocycles. The molecule has 0 spiro atoms. The first kappa shape index (κ1) is 12.5. The molecule has 0 N–H and O–H groups in total. The quantitative estimate of drug-likeness (QED) is 0.623. The van der Waals surface area contributed by atoms with Crippen molar-refractivity contribution in [2.45, 2.75) is 60.0 Å². The first-order chi connectivity index (χ1) is 6.80. The van der Waals surface area contributed by atoms with Gasteiger partial charge in [-0.05, 0) is 24.2 Å². The van der Waals surface area contributed by atoms with Crippen LogP contribution in [-0.2, 0) is 9.53 Å². The van der Waals surface area contributed by atoms with Crippen LogP contribution in [0.1, 0.15) is 53.9 Å². The Bertz CT molecular complexity index is 227. The lowest BCUT2D eigenvalue weighted by atomic mass is 9.68. The minimum Gasteiger partial charge on any atom is -0.462 e. The molecule has 0 unspecified atom stereocenters. The van der Waals surface area contributed by atoms with Crippen LogP contribution in [-0.4, -0.2) is 12.1 Å². The van der Waals surface area contributed by atoms with E-state index < -0.39 is 0 Å². The van der Waals surface area contributed by atoms with E-state index in [2.05, 4.69) is 27.7 Å². The highest BCUT2D eigenvalue weighted by molar-refractivity contribution is 5.66. The van der Waals surface area contributed by atoms with E-state index in [4.69, 9.17) is 4.74 Å². The Morgan fingerprint density at radius 2 is 1.87 bits per heavy atom. The summed E-state index contributed by atoms with van der Waals surface area (Å²) in [4.78, 5) is 11.1. The van der Waals surface area contributed by atoms with Gasteiger partial charge in [0.1, 0.15) is 6.10 Å². The molecular formula is C13H24O2. The number of hydrogen-bond acceptors (Lipinski definition) is 2. The van der Waals surface area contributed by atoms with Gasteiger partial charge in [-0.1, -0.05) is 34.1 Å². The molecule has 1 rings (SSSR count). The van der Waals surface area contributed by atoms with Gasteiger partial charge in [-0.2, -0.15) is 0 Å². The molecule has 0 aliphatic heterocycles. The van der Waals surface area contributed by atoms with E-state index in [-0.39, 0.29) is 17.5 Å². The summed E-state index contributed by atoms with van der Waals surface area (Å²) in [5, 5.41) is 0. The molecule has 2 nitrogen and oxygen atoms in total. The third-order valence-electron chi connectivity index (χ3n) is 3.48. The standard InChI is InChI=1S/C13H24O2/c1-9-6-7-11(13(3,4)5)12(8-9)15-10(2)14/h9,11-12H,6-8H2,1-5H3/t9-,11-,12-/m0/s1. The van der Waals surface area contributed by atoms with Crippen LogP contribution in [0.25, 0.3) is 0 Å². The normalized spacial score (nSPS) is 32.5. The zero-order valence-electron chi connectivity index (χ0n) is 10.7. The van der Waals surface area contributed by atoms with E-state index in [1.165, 1.54) is 19.8 Å². The summed E-state index contributed by atoms with van der Waals surface area (Å²) in [6, 6.07) is 0. The summed E-state index contributed by atoms with van der Waals surface area (Å²) < 4.78 is 5.46. The molecule has 0 radical (unpaired) electrons. The van der Waals surface area contributed by atoms with Gasteiger partial charge >= 0.3 is 5.97 Å². The van der Waals surface area contributed by atoms with Crippen LogP contribution in [0, 0.1) is 17.3 Å². The fraction of sp³-hybridized carbons (Fsp3) is 0.923. The van der Waals surface area contributed by atoms with E-state index in [9.17, 15) is 4.79 Å². The lowest BCUT2D eigenvalue weighted by Gasteiger charge is -2.41. The van der Waals surface area contributed by atoms with E-state index in [1.807, 2.05) is 0 Å². The average Bonchev–Trinajstić information content (AvgIpc) is 1.99. The Labute approximate surface area is 93.4 Å². The van der Waals surface area contributed by atoms with Gasteiger partial charge in [-0.15, -0.1) is 0 Å². The van der Waals surface area contributed by atoms with E-state index >= 15 is 0 Å². The zero-order valence-corrected chi connectivity index (χ0v) is 10.7. The molecule has 2 heteroatoms. The topological polar surface area (TPSA) is 26.3 Å². The Hall–Kier alpha value is -0.530. The first-order valence-electron chi connectivity index (χ1n) is 5.98. The molecule has 88 valence electrons. The lowest BCUT2D eigenvalue weighted by molar-refractivity contribution is -0.155. The van der Waals surface area contributed by atoms with Crippen LogP contribution in [0.4, 0.5) is 0 Å². The zero-order chi connectivity index (χ0) is 11.6. The Kier molecular flexibility index (Phi) is 3.80. The van der Waals surface area contributed by atoms with Crippen LogP contribution in [0.5, 0.6) is 0 Å². The van der Waals surface area contributed by atoms with Gasteiger partial charge in [0.05, 0.1) is 0 Å². The summed E-state index contributed by atoms with van der Waals surface area (Å²) in [5.74, 6) is 1.06. The molecule has 0 saturated heterocycles. The van der Waals surface area contributed by atoms with Crippen molar-refractivity contribution in [2.75, 3.05) is 0 Å². The summed E-state index contributed by atoms with van der Waals surface area (Å²) in [6.45, 7) is 10.5. The molecule has 0 amide bonds. The number of hydrogen-bond donors (Lipinski definition) is 0. The minimum absolute atomic E-state index is 0.131. The van der Waals surface area contributed by atoms with Crippen LogP contribution >= 0.6 is 0 Å². The van der Waals surface area contributed by atoms with Gasteiger partial charge in [0.2, 0.25) is 0 Å². The minimum atomic E-state index is -0.136. The molecule has 3 atom stereocenters. The number of rotatable bonds is 1. The van der Waals surface area contributed by atoms with E-state index in [0.29, 0.717) is 11.8 Å². The maximum Gasteiger partial charge on any atom is 0.302 e. The number of ether oxygens (including phenoxy) is 1. The number of esters is 1. The molecule has 0 heterocycles. The molecule has 0 bridgehead atoms. The van der Waals surface area contributed by atoms with Crippen LogP contribution in [0.15, 0.2) is 0 Å². The second-order valence-corrected chi connectivity index (χ2v) is 6.04. The summed E-state index contributed by atoms with van der Waals surface area (Å²) >= 11 is 0. The van der Waals surface area contributed by atoms with Crippen molar-refractivity contribution in [3.8, 4) is 0 Å². The van der Waals surface area contributed by atoms with Crippen molar-refractivity contribution < 1.29 is 9.53 Å². The highest BCUT2D eigenvalue weighted by Gasteiger charge is 2.37. The largest absolute Gasteiger partial charge is 0.462 e. The van der Waals surface area contributed by atoms with Crippen LogP contribution < -0.4 is 0 Å². The molecule has 1 fully saturated rings. The maximum atomic E-state index is 11.1. The molecule has 1 aliphatic rings. The van der Waals surface area contributed by atoms with E-state index in [1.54, 1.807) is 0 Å². The predicted octanol–water partition coefficient (Wildman–Crippen LogP) is 3.40. The SMILES string of the molecule is CC(=O)O[C@H]1C[C@@H](C)CC[C@@H]1C(C)(C)C. The maximum absolute atomic E-state index is 11.1. The first-order valence-corrected chi connectivity index (χ1v) is 5.98. The fourth-order valence-electron chi connectivity index (χ4n) is 2.66. The Balaban J connectivity index is 2.70. The van der Waals surface area contributed by atoms with Crippen molar-refractivity contribution in [1.82, 2.24) is 0 Å². The number of carbonyl (C=O) groups is 1. The third kappa shape index (κ3) is 3.51. The molecule has 0 aromatic heterocycles. The van der Waals surface area contributed by atoms with Crippen LogP contribution in [0.3, 0.4) is 0 Å². The summed E-state index contributed by atoms with van der Waals surface area (Å²) in [5.41, 5.74) is 0.236. The molecule has 0 aromatic rings. The van der Waals surface area contributed by atoms with Crippen molar-refractivity contribution in [3.63, 3.8) is 0 Å². The lowest BCUT2D eigenvalue weighted by Crippen LogP contribution is -2.39. The average molecular weight is 212 g/mol. The molecular weight excluding hydrogens is 188 g/mol. The molecule has 15 heavy (non-hydrogen) atoms. The monoisotopic (exact) mass is 212 g/mol. The van der Waals surface area contributed by atoms with Crippen LogP contribution in [0.2, 0.25) is 0 Å². The van der Waals surface area contributed by atoms with Gasteiger partial charge in [0.15, 0.2) is 0 Å². The van der Waals surface area contributed by atoms with Gasteiger partial charge < -0.3 is 4.74 Å². The second-order valence-electron chi connectivity index (χ2n) is 6.04. The highest BCUT2D eigenvalue weighted by atomic mass is 16.5. The highest BCUT2D eigenvalue weighted by Crippen LogP contribution is 2.41. The molecule has 0 aromatic carbocycles. The molecule has 1 aliphatic carbocycles. The number of carbonyl (C=O) groups excluding carboxylic acids is 1. The fourth-order valence-corrected chi connectivity index (χ4v) is 2.66. The van der Waals surface area contributed by atoms with Gasteiger partial charge in [-0.25, -0.2) is 0 Å². The summed E-state index contributed by atoms with van der Waals surface area (Å²) in [6.07, 6.45) is 3.61. The Morgan fingerprint density at radius 3 is 2.33 bits per heavy atom. The van der Waals surface area contributed by atoms with Crippen molar-refractivity contribution in [2.24, 2.45) is 17.3 Å². The predicted molar refractivity (Wildman–Crippen MR) is 61.5 cm³/mol. The Morgan fingerprint density at radius 1 is 1.27 bits per heavy atom. The van der Waals surface area contributed by atoms with Gasteiger partial charge in [0.25, 0.3) is 0 Å². The van der Waals surface area contributed by atoms with Gasteiger partial charge in [0, 0.05) is 12.8 Å². The smallest absolute Gasteiger partial charge is 0.302 e. The van der Waals surface area contributed by atoms with Crippen molar-refractivity contribution in [3.05, 3.63) is 0 Å².